The standard InChI is InChI=1S/C28H23F3N4S/c29-28(30,31)23-10-6-18(7-11-23)14-24(32)17-34-27-35-25(19-4-2-1-3-5-19)26(36-27)21-8-9-22-16-33-13-12-20(22)15-21/h1-13,15-16,24H,14,17,32H2,(H,34,35)/t24-/m1/s1. The minimum absolute atomic E-state index is 0.289. The van der Waals surface area contributed by atoms with Crippen molar-refractivity contribution in [3.05, 3.63) is 102 Å². The van der Waals surface area contributed by atoms with E-state index in [2.05, 4.69) is 28.5 Å². The van der Waals surface area contributed by atoms with Crippen LogP contribution in [0.3, 0.4) is 0 Å². The first-order chi connectivity index (χ1) is 17.4. The van der Waals surface area contributed by atoms with Crippen LogP contribution < -0.4 is 11.1 Å². The quantitative estimate of drug-likeness (QED) is 0.250. The van der Waals surface area contributed by atoms with Crippen molar-refractivity contribution in [2.45, 2.75) is 18.6 Å². The molecule has 0 fully saturated rings. The van der Waals surface area contributed by atoms with Gasteiger partial charge in [-0.3, -0.25) is 4.98 Å². The lowest BCUT2D eigenvalue weighted by atomic mass is 10.0. The van der Waals surface area contributed by atoms with Gasteiger partial charge in [0.1, 0.15) is 0 Å². The molecule has 0 radical (unpaired) electrons. The van der Waals surface area contributed by atoms with Crippen LogP contribution in [0.5, 0.6) is 0 Å². The van der Waals surface area contributed by atoms with E-state index in [0.29, 0.717) is 13.0 Å². The lowest BCUT2D eigenvalue weighted by molar-refractivity contribution is -0.137. The number of anilines is 1. The summed E-state index contributed by atoms with van der Waals surface area (Å²) < 4.78 is 38.4. The average molecular weight is 505 g/mol. The SMILES string of the molecule is N[C@@H](CNc1nc(-c2ccccc2)c(-c2ccc3cnccc3c2)s1)Cc1ccc(C(F)(F)F)cc1. The molecule has 3 N–H and O–H groups in total. The van der Waals surface area contributed by atoms with Crippen molar-refractivity contribution in [2.24, 2.45) is 5.73 Å². The number of benzene rings is 3. The Labute approximate surface area is 210 Å². The van der Waals surface area contributed by atoms with E-state index < -0.39 is 11.7 Å². The smallest absolute Gasteiger partial charge is 0.360 e. The molecule has 8 heteroatoms. The topological polar surface area (TPSA) is 63.8 Å². The number of hydrogen-bond acceptors (Lipinski definition) is 5. The summed E-state index contributed by atoms with van der Waals surface area (Å²) in [5.74, 6) is 0. The first-order valence-electron chi connectivity index (χ1n) is 11.4. The van der Waals surface area contributed by atoms with E-state index in [4.69, 9.17) is 10.7 Å². The molecule has 2 aromatic heterocycles. The summed E-state index contributed by atoms with van der Waals surface area (Å²) in [7, 11) is 0. The van der Waals surface area contributed by atoms with E-state index in [1.807, 2.05) is 42.6 Å². The maximum Gasteiger partial charge on any atom is 0.416 e. The van der Waals surface area contributed by atoms with Crippen LogP contribution in [0.15, 0.2) is 91.3 Å². The van der Waals surface area contributed by atoms with Gasteiger partial charge < -0.3 is 11.1 Å². The van der Waals surface area contributed by atoms with E-state index in [1.165, 1.54) is 12.1 Å². The first kappa shape index (κ1) is 24.0. The third-order valence-corrected chi connectivity index (χ3v) is 6.93. The van der Waals surface area contributed by atoms with E-state index in [1.54, 1.807) is 17.5 Å². The third-order valence-electron chi connectivity index (χ3n) is 5.87. The van der Waals surface area contributed by atoms with Gasteiger partial charge in [0.05, 0.1) is 16.1 Å². The summed E-state index contributed by atoms with van der Waals surface area (Å²) in [6.45, 7) is 0.436. The molecule has 0 saturated heterocycles. The number of aromatic nitrogens is 2. The zero-order chi connectivity index (χ0) is 25.1. The van der Waals surface area contributed by atoms with Crippen molar-refractivity contribution in [3.8, 4) is 21.7 Å². The zero-order valence-electron chi connectivity index (χ0n) is 19.2. The highest BCUT2D eigenvalue weighted by atomic mass is 32.1. The Morgan fingerprint density at radius 2 is 1.67 bits per heavy atom. The van der Waals surface area contributed by atoms with Gasteiger partial charge in [-0.1, -0.05) is 65.9 Å². The van der Waals surface area contributed by atoms with Crippen LogP contribution in [0.25, 0.3) is 32.5 Å². The molecule has 2 heterocycles. The maximum absolute atomic E-state index is 12.8. The fraction of sp³-hybridized carbons (Fsp3) is 0.143. The van der Waals surface area contributed by atoms with E-state index >= 15 is 0 Å². The van der Waals surface area contributed by atoms with E-state index in [9.17, 15) is 13.2 Å². The summed E-state index contributed by atoms with van der Waals surface area (Å²) in [6.07, 6.45) is -0.270. The molecule has 36 heavy (non-hydrogen) atoms. The van der Waals surface area contributed by atoms with Gasteiger partial charge in [0, 0.05) is 35.9 Å². The van der Waals surface area contributed by atoms with E-state index in [0.717, 1.165) is 55.3 Å². The van der Waals surface area contributed by atoms with Crippen LogP contribution >= 0.6 is 11.3 Å². The van der Waals surface area contributed by atoms with Crippen LogP contribution in [0.1, 0.15) is 11.1 Å². The molecule has 5 rings (SSSR count). The second-order valence-electron chi connectivity index (χ2n) is 8.54. The van der Waals surface area contributed by atoms with Gasteiger partial charge >= 0.3 is 6.18 Å². The molecule has 182 valence electrons. The number of alkyl halides is 3. The Bertz CT molecular complexity index is 1460. The van der Waals surface area contributed by atoms with Gasteiger partial charge in [-0.2, -0.15) is 13.2 Å². The van der Waals surface area contributed by atoms with Gasteiger partial charge in [-0.25, -0.2) is 4.98 Å². The van der Waals surface area contributed by atoms with Crippen molar-refractivity contribution in [2.75, 3.05) is 11.9 Å². The number of thiazole rings is 1. The number of nitrogens with two attached hydrogens (primary N) is 1. The van der Waals surface area contributed by atoms with Gasteiger partial charge in [0.25, 0.3) is 0 Å². The number of pyridine rings is 1. The van der Waals surface area contributed by atoms with Crippen LogP contribution in [-0.2, 0) is 12.6 Å². The Hall–Kier alpha value is -3.75. The molecule has 0 aliphatic heterocycles. The molecular weight excluding hydrogens is 481 g/mol. The van der Waals surface area contributed by atoms with Gasteiger partial charge in [0.15, 0.2) is 5.13 Å². The molecule has 0 spiro atoms. The molecule has 3 aromatic carbocycles. The molecular formula is C28H23F3N4S. The minimum Gasteiger partial charge on any atom is -0.360 e. The number of nitrogens with one attached hydrogen (secondary N) is 1. The Morgan fingerprint density at radius 3 is 2.42 bits per heavy atom. The maximum atomic E-state index is 12.8. The highest BCUT2D eigenvalue weighted by Crippen LogP contribution is 2.40. The number of hydrogen-bond donors (Lipinski definition) is 2. The average Bonchev–Trinajstić information content (AvgIpc) is 3.32. The van der Waals surface area contributed by atoms with Crippen LogP contribution in [0, 0.1) is 0 Å². The van der Waals surface area contributed by atoms with Crippen molar-refractivity contribution in [1.29, 1.82) is 0 Å². The van der Waals surface area contributed by atoms with Crippen LogP contribution in [0.4, 0.5) is 18.3 Å². The number of halogens is 3. The molecule has 0 aliphatic rings. The van der Waals surface area contributed by atoms with Crippen molar-refractivity contribution < 1.29 is 13.2 Å². The molecule has 1 atom stereocenters. The predicted molar refractivity (Wildman–Crippen MR) is 140 cm³/mol. The largest absolute Gasteiger partial charge is 0.416 e. The lowest BCUT2D eigenvalue weighted by Gasteiger charge is -2.13. The fourth-order valence-electron chi connectivity index (χ4n) is 4.03. The summed E-state index contributed by atoms with van der Waals surface area (Å²) in [6, 6.07) is 23.1. The minimum atomic E-state index is -4.34. The summed E-state index contributed by atoms with van der Waals surface area (Å²) in [5.41, 5.74) is 9.35. The van der Waals surface area contributed by atoms with E-state index in [-0.39, 0.29) is 6.04 Å². The van der Waals surface area contributed by atoms with Crippen molar-refractivity contribution in [1.82, 2.24) is 9.97 Å². The highest BCUT2D eigenvalue weighted by Gasteiger charge is 2.30. The van der Waals surface area contributed by atoms with Gasteiger partial charge in [-0.15, -0.1) is 0 Å². The molecule has 0 saturated carbocycles. The highest BCUT2D eigenvalue weighted by molar-refractivity contribution is 7.19. The number of rotatable bonds is 7. The normalized spacial score (nSPS) is 12.6. The van der Waals surface area contributed by atoms with Crippen LogP contribution in [0.2, 0.25) is 0 Å². The van der Waals surface area contributed by atoms with Gasteiger partial charge in [-0.05, 0) is 47.2 Å². The summed E-state index contributed by atoms with van der Waals surface area (Å²) >= 11 is 1.55. The second-order valence-corrected chi connectivity index (χ2v) is 9.54. The molecule has 0 aliphatic carbocycles. The second kappa shape index (κ2) is 10.1. The van der Waals surface area contributed by atoms with Crippen molar-refractivity contribution >= 4 is 27.2 Å². The molecule has 5 aromatic rings. The Morgan fingerprint density at radius 1 is 0.889 bits per heavy atom. The molecule has 4 nitrogen and oxygen atoms in total. The molecule has 0 amide bonds. The number of nitrogens with zero attached hydrogens (tertiary/aromatic N) is 2. The third kappa shape index (κ3) is 5.40. The first-order valence-corrected chi connectivity index (χ1v) is 12.2. The number of fused-ring (bicyclic) bond motifs is 1. The molecule has 0 bridgehead atoms. The predicted octanol–water partition coefficient (Wildman–Crippen LogP) is 7.03. The summed E-state index contributed by atoms with van der Waals surface area (Å²) in [5, 5.41) is 6.24. The van der Waals surface area contributed by atoms with Crippen LogP contribution in [-0.4, -0.2) is 22.6 Å². The van der Waals surface area contributed by atoms with Crippen molar-refractivity contribution in [3.63, 3.8) is 0 Å². The van der Waals surface area contributed by atoms with Gasteiger partial charge in [0.2, 0.25) is 0 Å². The Kier molecular flexibility index (Phi) is 6.71. The Balaban J connectivity index is 1.36. The lowest BCUT2D eigenvalue weighted by Crippen LogP contribution is -2.31. The molecule has 0 unspecified atom stereocenters. The summed E-state index contributed by atoms with van der Waals surface area (Å²) in [4.78, 5) is 10.1. The zero-order valence-corrected chi connectivity index (χ0v) is 20.0. The fourth-order valence-corrected chi connectivity index (χ4v) is 5.02. The monoisotopic (exact) mass is 504 g/mol.